The first kappa shape index (κ1) is 24.3. The molecule has 0 fully saturated rings. The van der Waals surface area contributed by atoms with Crippen LogP contribution in [0.25, 0.3) is 10.9 Å². The van der Waals surface area contributed by atoms with Gasteiger partial charge in [0.2, 0.25) is 0 Å². The van der Waals surface area contributed by atoms with Gasteiger partial charge in [-0.05, 0) is 75.4 Å². The van der Waals surface area contributed by atoms with Crippen molar-refractivity contribution in [1.29, 1.82) is 0 Å². The van der Waals surface area contributed by atoms with Crippen LogP contribution in [0.15, 0.2) is 29.2 Å². The molecule has 0 aliphatic rings. The molecule has 0 aliphatic carbocycles. The molecule has 7 nitrogen and oxygen atoms in total. The Morgan fingerprint density at radius 3 is 2.52 bits per heavy atom. The molecule has 33 heavy (non-hydrogen) atoms. The third-order valence-corrected chi connectivity index (χ3v) is 5.92. The highest BCUT2D eigenvalue weighted by Crippen LogP contribution is 2.29. The monoisotopic (exact) mass is 451 g/mol. The van der Waals surface area contributed by atoms with Crippen LogP contribution in [0.5, 0.6) is 0 Å². The van der Waals surface area contributed by atoms with E-state index < -0.39 is 5.97 Å². The van der Waals surface area contributed by atoms with Gasteiger partial charge in [0.15, 0.2) is 0 Å². The second-order valence-electron chi connectivity index (χ2n) is 8.96. The fourth-order valence-corrected chi connectivity index (χ4v) is 4.38. The molecular formula is C26H33N3O4. The number of carboxylic acids is 1. The lowest BCUT2D eigenvalue weighted by Gasteiger charge is -2.14. The number of aromatic amines is 1. The zero-order valence-corrected chi connectivity index (χ0v) is 20.0. The number of fused-ring (bicyclic) bond motifs is 1. The van der Waals surface area contributed by atoms with Gasteiger partial charge in [0.05, 0.1) is 0 Å². The summed E-state index contributed by atoms with van der Waals surface area (Å²) in [6.45, 7) is 10.2. The van der Waals surface area contributed by atoms with Gasteiger partial charge in [-0.25, -0.2) is 0 Å². The Morgan fingerprint density at radius 1 is 1.15 bits per heavy atom. The zero-order valence-electron chi connectivity index (χ0n) is 20.0. The second kappa shape index (κ2) is 10.1. The van der Waals surface area contributed by atoms with Crippen LogP contribution in [-0.2, 0) is 24.2 Å². The second-order valence-corrected chi connectivity index (χ2v) is 8.96. The van der Waals surface area contributed by atoms with E-state index in [1.165, 1.54) is 0 Å². The van der Waals surface area contributed by atoms with Crippen molar-refractivity contribution in [2.45, 2.75) is 72.9 Å². The van der Waals surface area contributed by atoms with E-state index in [1.807, 2.05) is 32.2 Å². The van der Waals surface area contributed by atoms with Gasteiger partial charge in [0.25, 0.3) is 11.5 Å². The van der Waals surface area contributed by atoms with Crippen molar-refractivity contribution in [3.63, 3.8) is 0 Å². The van der Waals surface area contributed by atoms with E-state index >= 15 is 0 Å². The van der Waals surface area contributed by atoms with Gasteiger partial charge >= 0.3 is 5.97 Å². The summed E-state index contributed by atoms with van der Waals surface area (Å²) in [5, 5.41) is 12.9. The van der Waals surface area contributed by atoms with Gasteiger partial charge in [-0.3, -0.25) is 14.4 Å². The Labute approximate surface area is 193 Å². The summed E-state index contributed by atoms with van der Waals surface area (Å²) >= 11 is 0. The normalized spacial score (nSPS) is 11.3. The number of rotatable bonds is 9. The summed E-state index contributed by atoms with van der Waals surface area (Å²) in [5.41, 5.74) is 5.34. The third kappa shape index (κ3) is 5.35. The number of carbonyl (C=O) groups excluding carboxylic acids is 1. The number of amides is 1. The van der Waals surface area contributed by atoms with Crippen molar-refractivity contribution >= 4 is 22.8 Å². The van der Waals surface area contributed by atoms with Crippen LogP contribution in [0.2, 0.25) is 0 Å². The van der Waals surface area contributed by atoms with Crippen molar-refractivity contribution in [2.24, 2.45) is 0 Å². The lowest BCUT2D eigenvalue weighted by atomic mass is 9.99. The average molecular weight is 452 g/mol. The molecule has 3 rings (SSSR count). The molecule has 7 heteroatoms. The van der Waals surface area contributed by atoms with Crippen LogP contribution in [0.4, 0.5) is 0 Å². The fourth-order valence-electron chi connectivity index (χ4n) is 4.38. The smallest absolute Gasteiger partial charge is 0.303 e. The molecule has 1 amide bonds. The van der Waals surface area contributed by atoms with Gasteiger partial charge in [-0.2, -0.15) is 0 Å². The number of H-pyrrole nitrogens is 1. The minimum absolute atomic E-state index is 0.00689. The quantitative estimate of drug-likeness (QED) is 0.448. The molecule has 3 N–H and O–H groups in total. The maximum Gasteiger partial charge on any atom is 0.303 e. The molecule has 0 aliphatic heterocycles. The predicted molar refractivity (Wildman–Crippen MR) is 130 cm³/mol. The van der Waals surface area contributed by atoms with Crippen LogP contribution in [-0.4, -0.2) is 26.5 Å². The average Bonchev–Trinajstić information content (AvgIpc) is 3.08. The minimum Gasteiger partial charge on any atom is -0.481 e. The summed E-state index contributed by atoms with van der Waals surface area (Å²) in [6.07, 6.45) is 4.02. The van der Waals surface area contributed by atoms with E-state index in [-0.39, 0.29) is 30.5 Å². The van der Waals surface area contributed by atoms with Crippen molar-refractivity contribution in [1.82, 2.24) is 14.9 Å². The number of aryl methyl sites for hydroxylation is 4. The number of nitrogens with zero attached hydrogens (tertiary/aromatic N) is 1. The van der Waals surface area contributed by atoms with Gasteiger partial charge in [-0.15, -0.1) is 0 Å². The van der Waals surface area contributed by atoms with Crippen LogP contribution in [0, 0.1) is 13.8 Å². The predicted octanol–water partition coefficient (Wildman–Crippen LogP) is 4.43. The van der Waals surface area contributed by atoms with Crippen LogP contribution in [0.1, 0.15) is 78.0 Å². The number of hydrogen-bond acceptors (Lipinski definition) is 3. The van der Waals surface area contributed by atoms with E-state index in [9.17, 15) is 14.4 Å². The van der Waals surface area contributed by atoms with Crippen molar-refractivity contribution in [3.05, 3.63) is 68.3 Å². The molecule has 3 aromatic rings. The first-order valence-corrected chi connectivity index (χ1v) is 11.5. The third-order valence-electron chi connectivity index (χ3n) is 5.92. The number of nitrogens with one attached hydrogen (secondary N) is 2. The lowest BCUT2D eigenvalue weighted by Crippen LogP contribution is -2.28. The Bertz CT molecular complexity index is 1250. The highest BCUT2D eigenvalue weighted by molar-refractivity contribution is 6.08. The number of carbonyl (C=O) groups is 2. The molecule has 0 atom stereocenters. The SMILES string of the molecule is CCCc1cc(C)[nH]c(=O)c1CNC(=O)c1cc(CCC(=O)O)cc2c1c(C)cn2C(C)C. The van der Waals surface area contributed by atoms with Gasteiger partial charge in [0, 0.05) is 52.9 Å². The van der Waals surface area contributed by atoms with E-state index in [0.717, 1.165) is 46.1 Å². The maximum absolute atomic E-state index is 13.4. The highest BCUT2D eigenvalue weighted by Gasteiger charge is 2.19. The molecule has 0 spiro atoms. The Morgan fingerprint density at radius 2 is 1.88 bits per heavy atom. The number of hydrogen-bond donors (Lipinski definition) is 3. The summed E-state index contributed by atoms with van der Waals surface area (Å²) in [5.74, 6) is -1.15. The van der Waals surface area contributed by atoms with Gasteiger partial charge in [0.1, 0.15) is 0 Å². The zero-order chi connectivity index (χ0) is 24.3. The van der Waals surface area contributed by atoms with Crippen molar-refractivity contribution < 1.29 is 14.7 Å². The standard InChI is InChI=1S/C26H33N3O4/c1-6-7-19-10-17(5)28-26(33)21(19)13-27-25(32)20-11-18(8-9-23(30)31)12-22-24(20)16(4)14-29(22)15(2)3/h10-12,14-15H,6-9,13H2,1-5H3,(H,27,32)(H,28,33)(H,30,31). The number of benzene rings is 1. The van der Waals surface area contributed by atoms with E-state index in [0.29, 0.717) is 17.5 Å². The summed E-state index contributed by atoms with van der Waals surface area (Å²) < 4.78 is 2.11. The largest absolute Gasteiger partial charge is 0.481 e. The van der Waals surface area contributed by atoms with E-state index in [2.05, 4.69) is 35.6 Å². The molecule has 0 unspecified atom stereocenters. The van der Waals surface area contributed by atoms with Gasteiger partial charge in [-0.1, -0.05) is 13.3 Å². The summed E-state index contributed by atoms with van der Waals surface area (Å²) in [6, 6.07) is 5.91. The first-order chi connectivity index (χ1) is 15.6. The molecule has 0 bridgehead atoms. The van der Waals surface area contributed by atoms with E-state index in [4.69, 9.17) is 5.11 Å². The number of aromatic nitrogens is 2. The molecule has 0 radical (unpaired) electrons. The molecule has 1 aromatic carbocycles. The van der Waals surface area contributed by atoms with E-state index in [1.54, 1.807) is 6.07 Å². The number of carboxylic acid groups (broad SMARTS) is 1. The molecule has 0 saturated carbocycles. The fraction of sp³-hybridized carbons (Fsp3) is 0.423. The van der Waals surface area contributed by atoms with Crippen LogP contribution in [0.3, 0.4) is 0 Å². The summed E-state index contributed by atoms with van der Waals surface area (Å²) in [7, 11) is 0. The highest BCUT2D eigenvalue weighted by atomic mass is 16.4. The first-order valence-electron chi connectivity index (χ1n) is 11.5. The molecule has 2 aromatic heterocycles. The van der Waals surface area contributed by atoms with Gasteiger partial charge < -0.3 is 20.0 Å². The van der Waals surface area contributed by atoms with Crippen molar-refractivity contribution in [3.8, 4) is 0 Å². The topological polar surface area (TPSA) is 104 Å². The van der Waals surface area contributed by atoms with Crippen LogP contribution >= 0.6 is 0 Å². The molecule has 176 valence electrons. The Kier molecular flexibility index (Phi) is 7.41. The Hall–Kier alpha value is -3.35. The minimum atomic E-state index is -0.876. The maximum atomic E-state index is 13.4. The number of pyridine rings is 1. The summed E-state index contributed by atoms with van der Waals surface area (Å²) in [4.78, 5) is 39.9. The molecule has 0 saturated heterocycles. The van der Waals surface area contributed by atoms with Crippen molar-refractivity contribution in [2.75, 3.05) is 0 Å². The molecule has 2 heterocycles. The van der Waals surface area contributed by atoms with Crippen LogP contribution < -0.4 is 10.9 Å². The molecular weight excluding hydrogens is 418 g/mol. The Balaban J connectivity index is 2.01. The number of aliphatic carboxylic acids is 1. The lowest BCUT2D eigenvalue weighted by molar-refractivity contribution is -0.136.